The highest BCUT2D eigenvalue weighted by Gasteiger charge is 2.13. The van der Waals surface area contributed by atoms with Gasteiger partial charge in [0.05, 0.1) is 12.7 Å². The monoisotopic (exact) mass is 263 g/mol. The fourth-order valence-corrected chi connectivity index (χ4v) is 2.28. The largest absolute Gasteiger partial charge is 0.379 e. The van der Waals surface area contributed by atoms with Crippen molar-refractivity contribution in [3.8, 4) is 0 Å². The van der Waals surface area contributed by atoms with E-state index in [0.29, 0.717) is 6.10 Å². The second kappa shape index (κ2) is 9.08. The average molecular weight is 263 g/mol. The van der Waals surface area contributed by atoms with E-state index < -0.39 is 0 Å². The first-order valence-electron chi connectivity index (χ1n) is 7.39. The molecule has 1 aliphatic rings. The minimum atomic E-state index is 0.339. The number of hydrogen-bond donors (Lipinski definition) is 1. The fourth-order valence-electron chi connectivity index (χ4n) is 2.28. The fraction of sp³-hybridized carbons (Fsp3) is 0.625. The van der Waals surface area contributed by atoms with Crippen LogP contribution in [-0.2, 0) is 16.0 Å². The predicted octanol–water partition coefficient (Wildman–Crippen LogP) is 2.75. The summed E-state index contributed by atoms with van der Waals surface area (Å²) in [6.45, 7) is 4.43. The zero-order valence-corrected chi connectivity index (χ0v) is 11.6. The molecule has 0 spiro atoms. The Labute approximate surface area is 116 Å². The minimum absolute atomic E-state index is 0.339. The number of benzene rings is 1. The molecule has 1 saturated heterocycles. The van der Waals surface area contributed by atoms with Gasteiger partial charge in [-0.25, -0.2) is 0 Å². The Hall–Kier alpha value is -0.900. The molecule has 3 heteroatoms. The lowest BCUT2D eigenvalue weighted by Gasteiger charge is -2.22. The van der Waals surface area contributed by atoms with Crippen molar-refractivity contribution in [3.63, 3.8) is 0 Å². The van der Waals surface area contributed by atoms with Crippen molar-refractivity contribution >= 4 is 0 Å². The highest BCUT2D eigenvalue weighted by molar-refractivity contribution is 5.14. The van der Waals surface area contributed by atoms with Crippen LogP contribution in [0.1, 0.15) is 31.2 Å². The van der Waals surface area contributed by atoms with Gasteiger partial charge in [0.2, 0.25) is 0 Å². The quantitative estimate of drug-likeness (QED) is 0.732. The zero-order valence-electron chi connectivity index (χ0n) is 11.6. The molecule has 1 atom stereocenters. The van der Waals surface area contributed by atoms with E-state index in [2.05, 4.69) is 29.6 Å². The van der Waals surface area contributed by atoms with Gasteiger partial charge in [0.15, 0.2) is 0 Å². The van der Waals surface area contributed by atoms with E-state index in [1.54, 1.807) is 0 Å². The average Bonchev–Trinajstić information content (AvgIpc) is 2.48. The van der Waals surface area contributed by atoms with E-state index >= 15 is 0 Å². The summed E-state index contributed by atoms with van der Waals surface area (Å²) in [6.07, 6.45) is 5.05. The molecule has 0 amide bonds. The first-order chi connectivity index (χ1) is 9.45. The topological polar surface area (TPSA) is 30.5 Å². The first-order valence-corrected chi connectivity index (χ1v) is 7.39. The molecule has 19 heavy (non-hydrogen) atoms. The highest BCUT2D eigenvalue weighted by Crippen LogP contribution is 2.12. The van der Waals surface area contributed by atoms with Gasteiger partial charge in [0, 0.05) is 19.8 Å². The standard InChI is InChI=1S/C16H25NO2/c1-2-7-15(8-3-1)13-17-10-6-11-18-14-16-9-4-5-12-19-16/h1-3,7-8,16-17H,4-6,9-14H2. The molecule has 0 saturated carbocycles. The van der Waals surface area contributed by atoms with Crippen LogP contribution in [0.5, 0.6) is 0 Å². The van der Waals surface area contributed by atoms with Crippen LogP contribution in [-0.4, -0.2) is 32.5 Å². The summed E-state index contributed by atoms with van der Waals surface area (Å²) < 4.78 is 11.3. The molecule has 1 aliphatic heterocycles. The molecule has 2 rings (SSSR count). The molecule has 0 radical (unpaired) electrons. The van der Waals surface area contributed by atoms with E-state index in [9.17, 15) is 0 Å². The third-order valence-electron chi connectivity index (χ3n) is 3.39. The van der Waals surface area contributed by atoms with Crippen LogP contribution in [0.15, 0.2) is 30.3 Å². The van der Waals surface area contributed by atoms with Crippen molar-refractivity contribution in [1.82, 2.24) is 5.32 Å². The Morgan fingerprint density at radius 2 is 2.11 bits per heavy atom. The van der Waals surface area contributed by atoms with Gasteiger partial charge in [-0.15, -0.1) is 0 Å². The number of nitrogens with one attached hydrogen (secondary N) is 1. The van der Waals surface area contributed by atoms with Gasteiger partial charge in [0.25, 0.3) is 0 Å². The molecule has 1 aromatic carbocycles. The lowest BCUT2D eigenvalue weighted by atomic mass is 10.1. The van der Waals surface area contributed by atoms with E-state index in [1.807, 2.05) is 6.07 Å². The van der Waals surface area contributed by atoms with E-state index in [4.69, 9.17) is 9.47 Å². The Morgan fingerprint density at radius 1 is 1.21 bits per heavy atom. The van der Waals surface area contributed by atoms with Crippen molar-refractivity contribution in [1.29, 1.82) is 0 Å². The van der Waals surface area contributed by atoms with Gasteiger partial charge in [-0.05, 0) is 37.8 Å². The summed E-state index contributed by atoms with van der Waals surface area (Å²) in [5, 5.41) is 3.43. The van der Waals surface area contributed by atoms with Crippen molar-refractivity contribution in [2.24, 2.45) is 0 Å². The molecule has 0 aromatic heterocycles. The molecule has 3 nitrogen and oxygen atoms in total. The van der Waals surface area contributed by atoms with E-state index in [1.165, 1.54) is 18.4 Å². The Balaban J connectivity index is 1.42. The van der Waals surface area contributed by atoms with Gasteiger partial charge < -0.3 is 14.8 Å². The minimum Gasteiger partial charge on any atom is -0.379 e. The summed E-state index contributed by atoms with van der Waals surface area (Å²) in [4.78, 5) is 0. The van der Waals surface area contributed by atoms with Crippen LogP contribution >= 0.6 is 0 Å². The van der Waals surface area contributed by atoms with E-state index in [0.717, 1.165) is 45.8 Å². The third kappa shape index (κ3) is 6.19. The molecular weight excluding hydrogens is 238 g/mol. The second-order valence-electron chi connectivity index (χ2n) is 5.08. The van der Waals surface area contributed by atoms with Crippen LogP contribution in [0.25, 0.3) is 0 Å². The van der Waals surface area contributed by atoms with Gasteiger partial charge >= 0.3 is 0 Å². The lowest BCUT2D eigenvalue weighted by Crippen LogP contribution is -2.25. The van der Waals surface area contributed by atoms with Gasteiger partial charge in [-0.1, -0.05) is 30.3 Å². The maximum Gasteiger partial charge on any atom is 0.0808 e. The van der Waals surface area contributed by atoms with Crippen LogP contribution in [0, 0.1) is 0 Å². The summed E-state index contributed by atoms with van der Waals surface area (Å²) in [5.41, 5.74) is 1.33. The maximum atomic E-state index is 5.66. The smallest absolute Gasteiger partial charge is 0.0808 e. The molecule has 1 aromatic rings. The number of rotatable bonds is 8. The summed E-state index contributed by atoms with van der Waals surface area (Å²) in [7, 11) is 0. The Morgan fingerprint density at radius 3 is 2.89 bits per heavy atom. The second-order valence-corrected chi connectivity index (χ2v) is 5.08. The normalized spacial score (nSPS) is 19.5. The van der Waals surface area contributed by atoms with Gasteiger partial charge in [-0.3, -0.25) is 0 Å². The SMILES string of the molecule is c1ccc(CNCCCOCC2CCCCO2)cc1. The van der Waals surface area contributed by atoms with Crippen molar-refractivity contribution < 1.29 is 9.47 Å². The van der Waals surface area contributed by atoms with Crippen LogP contribution < -0.4 is 5.32 Å². The van der Waals surface area contributed by atoms with Gasteiger partial charge in [0.1, 0.15) is 0 Å². The van der Waals surface area contributed by atoms with E-state index in [-0.39, 0.29) is 0 Å². The molecule has 1 unspecified atom stereocenters. The lowest BCUT2D eigenvalue weighted by molar-refractivity contribution is -0.0408. The number of ether oxygens (including phenoxy) is 2. The van der Waals surface area contributed by atoms with Gasteiger partial charge in [-0.2, -0.15) is 0 Å². The first kappa shape index (κ1) is 14.5. The van der Waals surface area contributed by atoms with Crippen LogP contribution in [0.3, 0.4) is 0 Å². The zero-order chi connectivity index (χ0) is 13.2. The highest BCUT2D eigenvalue weighted by atomic mass is 16.5. The molecular formula is C16H25NO2. The Kier molecular flexibility index (Phi) is 6.93. The number of hydrogen-bond acceptors (Lipinski definition) is 3. The molecule has 0 aliphatic carbocycles. The van der Waals surface area contributed by atoms with Crippen molar-refractivity contribution in [3.05, 3.63) is 35.9 Å². The summed E-state index contributed by atoms with van der Waals surface area (Å²) in [6, 6.07) is 10.5. The predicted molar refractivity (Wildman–Crippen MR) is 77.2 cm³/mol. The summed E-state index contributed by atoms with van der Waals surface area (Å²) >= 11 is 0. The summed E-state index contributed by atoms with van der Waals surface area (Å²) in [5.74, 6) is 0. The Bertz CT molecular complexity index is 323. The molecule has 1 heterocycles. The van der Waals surface area contributed by atoms with Crippen molar-refractivity contribution in [2.45, 2.75) is 38.3 Å². The van der Waals surface area contributed by atoms with Crippen LogP contribution in [0.4, 0.5) is 0 Å². The van der Waals surface area contributed by atoms with Crippen LogP contribution in [0.2, 0.25) is 0 Å². The van der Waals surface area contributed by atoms with Crippen molar-refractivity contribution in [2.75, 3.05) is 26.4 Å². The molecule has 106 valence electrons. The third-order valence-corrected chi connectivity index (χ3v) is 3.39. The maximum absolute atomic E-state index is 5.66. The molecule has 1 N–H and O–H groups in total. The molecule has 1 fully saturated rings. The molecule has 0 bridgehead atoms.